The standard InChI is InChI=1S/C15H21N3O/c1-2-17-5-7-18(8-6-17)15(19)12-3-4-13-10-16-11-14(13)9-12/h3-4,9,16H,2,5-8,10-11H2,1H3. The summed E-state index contributed by atoms with van der Waals surface area (Å²) in [6.07, 6.45) is 0. The van der Waals surface area contributed by atoms with Crippen molar-refractivity contribution in [2.24, 2.45) is 0 Å². The molecule has 0 unspecified atom stereocenters. The normalized spacial score (nSPS) is 19.5. The molecular formula is C15H21N3O. The van der Waals surface area contributed by atoms with Crippen molar-refractivity contribution < 1.29 is 4.79 Å². The highest BCUT2D eigenvalue weighted by atomic mass is 16.2. The molecule has 0 aliphatic carbocycles. The van der Waals surface area contributed by atoms with E-state index in [1.807, 2.05) is 11.0 Å². The summed E-state index contributed by atoms with van der Waals surface area (Å²) in [6, 6.07) is 6.12. The van der Waals surface area contributed by atoms with Crippen molar-refractivity contribution >= 4 is 5.91 Å². The van der Waals surface area contributed by atoms with Crippen LogP contribution >= 0.6 is 0 Å². The maximum absolute atomic E-state index is 12.5. The van der Waals surface area contributed by atoms with Crippen molar-refractivity contribution in [3.05, 3.63) is 34.9 Å². The molecule has 102 valence electrons. The van der Waals surface area contributed by atoms with Crippen LogP contribution in [0.2, 0.25) is 0 Å². The molecule has 0 saturated carbocycles. The lowest BCUT2D eigenvalue weighted by molar-refractivity contribution is 0.0643. The molecule has 4 nitrogen and oxygen atoms in total. The van der Waals surface area contributed by atoms with Crippen molar-refractivity contribution in [3.63, 3.8) is 0 Å². The number of fused-ring (bicyclic) bond motifs is 1. The highest BCUT2D eigenvalue weighted by molar-refractivity contribution is 5.94. The fourth-order valence-corrected chi connectivity index (χ4v) is 2.88. The molecule has 1 aromatic carbocycles. The first kappa shape index (κ1) is 12.6. The van der Waals surface area contributed by atoms with E-state index in [0.717, 1.165) is 51.4 Å². The molecule has 2 aliphatic rings. The first-order valence-corrected chi connectivity index (χ1v) is 7.12. The van der Waals surface area contributed by atoms with Gasteiger partial charge in [-0.25, -0.2) is 0 Å². The first-order chi connectivity index (χ1) is 9.28. The Bertz CT molecular complexity index is 478. The molecule has 1 aromatic rings. The average molecular weight is 259 g/mol. The maximum atomic E-state index is 12.5. The molecule has 0 radical (unpaired) electrons. The third kappa shape index (κ3) is 2.51. The average Bonchev–Trinajstić information content (AvgIpc) is 2.94. The van der Waals surface area contributed by atoms with Crippen molar-refractivity contribution in [2.75, 3.05) is 32.7 Å². The van der Waals surface area contributed by atoms with Gasteiger partial charge in [0, 0.05) is 44.8 Å². The fourth-order valence-electron chi connectivity index (χ4n) is 2.88. The van der Waals surface area contributed by atoms with Gasteiger partial charge in [-0.1, -0.05) is 13.0 Å². The molecule has 19 heavy (non-hydrogen) atoms. The van der Waals surface area contributed by atoms with Crippen molar-refractivity contribution in [1.29, 1.82) is 0 Å². The number of hydrogen-bond acceptors (Lipinski definition) is 3. The summed E-state index contributed by atoms with van der Waals surface area (Å²) in [4.78, 5) is 16.8. The van der Waals surface area contributed by atoms with Gasteiger partial charge in [-0.05, 0) is 29.8 Å². The van der Waals surface area contributed by atoms with Crippen LogP contribution in [0.5, 0.6) is 0 Å². The van der Waals surface area contributed by atoms with Gasteiger partial charge >= 0.3 is 0 Å². The van der Waals surface area contributed by atoms with Gasteiger partial charge in [-0.15, -0.1) is 0 Å². The number of hydrogen-bond donors (Lipinski definition) is 1. The van der Waals surface area contributed by atoms with Crippen LogP contribution in [-0.2, 0) is 13.1 Å². The Labute approximate surface area is 114 Å². The van der Waals surface area contributed by atoms with Crippen LogP contribution in [0.15, 0.2) is 18.2 Å². The van der Waals surface area contributed by atoms with Gasteiger partial charge in [0.05, 0.1) is 0 Å². The van der Waals surface area contributed by atoms with Crippen LogP contribution in [0.25, 0.3) is 0 Å². The summed E-state index contributed by atoms with van der Waals surface area (Å²) < 4.78 is 0. The Morgan fingerprint density at radius 2 is 1.89 bits per heavy atom. The van der Waals surface area contributed by atoms with E-state index >= 15 is 0 Å². The Balaban J connectivity index is 1.70. The third-order valence-corrected chi connectivity index (χ3v) is 4.19. The summed E-state index contributed by atoms with van der Waals surface area (Å²) in [6.45, 7) is 8.75. The van der Waals surface area contributed by atoms with E-state index in [9.17, 15) is 4.79 Å². The highest BCUT2D eigenvalue weighted by Crippen LogP contribution is 2.18. The number of piperazine rings is 1. The Morgan fingerprint density at radius 1 is 1.16 bits per heavy atom. The molecule has 0 spiro atoms. The van der Waals surface area contributed by atoms with Crippen LogP contribution in [-0.4, -0.2) is 48.4 Å². The number of carbonyl (C=O) groups is 1. The Morgan fingerprint density at radius 3 is 2.63 bits per heavy atom. The molecule has 1 fully saturated rings. The highest BCUT2D eigenvalue weighted by Gasteiger charge is 2.22. The van der Waals surface area contributed by atoms with E-state index < -0.39 is 0 Å². The number of amides is 1. The second-order valence-corrected chi connectivity index (χ2v) is 5.31. The summed E-state index contributed by atoms with van der Waals surface area (Å²) >= 11 is 0. The molecule has 2 heterocycles. The Kier molecular flexibility index (Phi) is 3.53. The largest absolute Gasteiger partial charge is 0.336 e. The van der Waals surface area contributed by atoms with Gasteiger partial charge in [0.1, 0.15) is 0 Å². The number of nitrogens with zero attached hydrogens (tertiary/aromatic N) is 2. The first-order valence-electron chi connectivity index (χ1n) is 7.12. The molecule has 0 atom stereocenters. The van der Waals surface area contributed by atoms with E-state index in [-0.39, 0.29) is 5.91 Å². The third-order valence-electron chi connectivity index (χ3n) is 4.19. The smallest absolute Gasteiger partial charge is 0.253 e. The van der Waals surface area contributed by atoms with Crippen molar-refractivity contribution in [1.82, 2.24) is 15.1 Å². The van der Waals surface area contributed by atoms with Crippen LogP contribution in [0.4, 0.5) is 0 Å². The quantitative estimate of drug-likeness (QED) is 0.863. The number of rotatable bonds is 2. The second-order valence-electron chi connectivity index (χ2n) is 5.31. The number of benzene rings is 1. The second kappa shape index (κ2) is 5.31. The molecule has 3 rings (SSSR count). The minimum absolute atomic E-state index is 0.186. The Hall–Kier alpha value is -1.39. The molecule has 1 saturated heterocycles. The predicted molar refractivity (Wildman–Crippen MR) is 75.0 cm³/mol. The van der Waals surface area contributed by atoms with E-state index in [1.165, 1.54) is 11.1 Å². The lowest BCUT2D eigenvalue weighted by Gasteiger charge is -2.34. The molecule has 2 aliphatic heterocycles. The molecular weight excluding hydrogens is 238 g/mol. The molecule has 4 heteroatoms. The van der Waals surface area contributed by atoms with Gasteiger partial charge in [-0.3, -0.25) is 4.79 Å². The van der Waals surface area contributed by atoms with E-state index in [0.29, 0.717) is 0 Å². The number of likely N-dealkylation sites (N-methyl/N-ethyl adjacent to an activating group) is 1. The van der Waals surface area contributed by atoms with Crippen LogP contribution in [0.1, 0.15) is 28.4 Å². The van der Waals surface area contributed by atoms with Gasteiger partial charge in [0.15, 0.2) is 0 Å². The topological polar surface area (TPSA) is 35.6 Å². The zero-order chi connectivity index (χ0) is 13.2. The molecule has 1 amide bonds. The minimum atomic E-state index is 0.186. The van der Waals surface area contributed by atoms with Crippen molar-refractivity contribution in [3.8, 4) is 0 Å². The summed E-state index contributed by atoms with van der Waals surface area (Å²) in [5.41, 5.74) is 3.44. The number of carbonyl (C=O) groups excluding carboxylic acids is 1. The predicted octanol–water partition coefficient (Wildman–Crippen LogP) is 1.07. The van der Waals surface area contributed by atoms with Crippen LogP contribution in [0.3, 0.4) is 0 Å². The zero-order valence-electron chi connectivity index (χ0n) is 11.5. The van der Waals surface area contributed by atoms with E-state index in [4.69, 9.17) is 0 Å². The van der Waals surface area contributed by atoms with Gasteiger partial charge < -0.3 is 15.1 Å². The lowest BCUT2D eigenvalue weighted by atomic mass is 10.1. The van der Waals surface area contributed by atoms with Gasteiger partial charge in [0.25, 0.3) is 5.91 Å². The maximum Gasteiger partial charge on any atom is 0.253 e. The van der Waals surface area contributed by atoms with E-state index in [1.54, 1.807) is 0 Å². The van der Waals surface area contributed by atoms with E-state index in [2.05, 4.69) is 29.3 Å². The van der Waals surface area contributed by atoms with Gasteiger partial charge in [0.2, 0.25) is 0 Å². The SMILES string of the molecule is CCN1CCN(C(=O)c2ccc3c(c2)CNC3)CC1. The number of nitrogens with one attached hydrogen (secondary N) is 1. The summed E-state index contributed by atoms with van der Waals surface area (Å²) in [5.74, 6) is 0.186. The van der Waals surface area contributed by atoms with Crippen LogP contribution in [0, 0.1) is 0 Å². The zero-order valence-corrected chi connectivity index (χ0v) is 11.5. The summed E-state index contributed by atoms with van der Waals surface area (Å²) in [5, 5.41) is 3.32. The molecule has 0 aromatic heterocycles. The fraction of sp³-hybridized carbons (Fsp3) is 0.533. The lowest BCUT2D eigenvalue weighted by Crippen LogP contribution is -2.48. The summed E-state index contributed by atoms with van der Waals surface area (Å²) in [7, 11) is 0. The molecule has 1 N–H and O–H groups in total. The van der Waals surface area contributed by atoms with Crippen LogP contribution < -0.4 is 5.32 Å². The monoisotopic (exact) mass is 259 g/mol. The minimum Gasteiger partial charge on any atom is -0.336 e. The van der Waals surface area contributed by atoms with Gasteiger partial charge in [-0.2, -0.15) is 0 Å². The van der Waals surface area contributed by atoms with Crippen molar-refractivity contribution in [2.45, 2.75) is 20.0 Å². The molecule has 0 bridgehead atoms.